The fraction of sp³-hybridized carbons (Fsp3) is 0. The Balaban J connectivity index is 2.28. The number of hydrogen-bond acceptors (Lipinski definition) is 2. The van der Waals surface area contributed by atoms with Crippen molar-refractivity contribution in [3.63, 3.8) is 0 Å². The van der Waals surface area contributed by atoms with E-state index in [0.29, 0.717) is 5.02 Å². The van der Waals surface area contributed by atoms with E-state index in [0.717, 1.165) is 32.8 Å². The number of hydrogen-bond donors (Lipinski definition) is 0. The van der Waals surface area contributed by atoms with Crippen molar-refractivity contribution in [2.24, 2.45) is 0 Å². The average molecular weight is 254 g/mol. The van der Waals surface area contributed by atoms with Crippen molar-refractivity contribution in [3.8, 4) is 0 Å². The lowest BCUT2D eigenvalue weighted by Gasteiger charge is -1.98. The SMILES string of the molecule is Clc1cnc2c(ccc3c4ccccc4oc32)c1. The average Bonchev–Trinajstić information content (AvgIpc) is 2.77. The number of para-hydroxylation sites is 1. The van der Waals surface area contributed by atoms with Crippen molar-refractivity contribution in [2.75, 3.05) is 0 Å². The normalized spacial score (nSPS) is 11.6. The third-order valence-electron chi connectivity index (χ3n) is 3.16. The molecule has 0 atom stereocenters. The number of aromatic nitrogens is 1. The van der Waals surface area contributed by atoms with Gasteiger partial charge in [-0.25, -0.2) is 0 Å². The van der Waals surface area contributed by atoms with Crippen LogP contribution >= 0.6 is 11.6 Å². The Morgan fingerprint density at radius 2 is 1.89 bits per heavy atom. The summed E-state index contributed by atoms with van der Waals surface area (Å²) in [7, 11) is 0. The lowest BCUT2D eigenvalue weighted by Crippen LogP contribution is -1.79. The van der Waals surface area contributed by atoms with Crippen LogP contribution in [0, 0.1) is 0 Å². The van der Waals surface area contributed by atoms with Gasteiger partial charge in [0.2, 0.25) is 0 Å². The minimum Gasteiger partial charge on any atom is -0.454 e. The third kappa shape index (κ3) is 1.27. The fourth-order valence-electron chi connectivity index (χ4n) is 2.35. The van der Waals surface area contributed by atoms with Gasteiger partial charge in [-0.2, -0.15) is 0 Å². The van der Waals surface area contributed by atoms with Crippen LogP contribution in [0.4, 0.5) is 0 Å². The number of halogens is 1. The van der Waals surface area contributed by atoms with Gasteiger partial charge in [-0.3, -0.25) is 4.98 Å². The van der Waals surface area contributed by atoms with Crippen LogP contribution in [0.15, 0.2) is 53.1 Å². The first kappa shape index (κ1) is 9.92. The van der Waals surface area contributed by atoms with Gasteiger partial charge in [0, 0.05) is 22.4 Å². The topological polar surface area (TPSA) is 26.0 Å². The molecule has 2 nitrogen and oxygen atoms in total. The van der Waals surface area contributed by atoms with Gasteiger partial charge in [0.15, 0.2) is 5.58 Å². The summed E-state index contributed by atoms with van der Waals surface area (Å²) in [5.74, 6) is 0. The summed E-state index contributed by atoms with van der Waals surface area (Å²) >= 11 is 5.96. The monoisotopic (exact) mass is 253 g/mol. The van der Waals surface area contributed by atoms with Crippen LogP contribution in [-0.2, 0) is 0 Å². The molecule has 0 saturated heterocycles. The van der Waals surface area contributed by atoms with Gasteiger partial charge in [0.1, 0.15) is 11.1 Å². The number of fused-ring (bicyclic) bond motifs is 5. The minimum absolute atomic E-state index is 0.637. The summed E-state index contributed by atoms with van der Waals surface area (Å²) in [6.45, 7) is 0. The molecule has 0 aliphatic carbocycles. The summed E-state index contributed by atoms with van der Waals surface area (Å²) in [5, 5.41) is 3.84. The number of benzene rings is 2. The first-order valence-electron chi connectivity index (χ1n) is 5.68. The molecule has 0 spiro atoms. The number of rotatable bonds is 0. The van der Waals surface area contributed by atoms with E-state index in [2.05, 4.69) is 17.1 Å². The summed E-state index contributed by atoms with van der Waals surface area (Å²) in [4.78, 5) is 4.38. The second-order valence-corrected chi connectivity index (χ2v) is 4.70. The van der Waals surface area contributed by atoms with Gasteiger partial charge in [0.05, 0.1) is 5.02 Å². The first-order chi connectivity index (χ1) is 8.83. The van der Waals surface area contributed by atoms with Gasteiger partial charge >= 0.3 is 0 Å². The Morgan fingerprint density at radius 1 is 1.00 bits per heavy atom. The largest absolute Gasteiger partial charge is 0.454 e. The van der Waals surface area contributed by atoms with E-state index in [1.807, 2.05) is 30.3 Å². The molecule has 0 aliphatic rings. The van der Waals surface area contributed by atoms with E-state index in [4.69, 9.17) is 16.0 Å². The Kier molecular flexibility index (Phi) is 1.91. The van der Waals surface area contributed by atoms with Crippen molar-refractivity contribution in [1.82, 2.24) is 4.98 Å². The van der Waals surface area contributed by atoms with Crippen molar-refractivity contribution >= 4 is 44.4 Å². The maximum atomic E-state index is 5.96. The highest BCUT2D eigenvalue weighted by Crippen LogP contribution is 2.33. The molecule has 0 fully saturated rings. The minimum atomic E-state index is 0.637. The standard InChI is InChI=1S/C15H8ClNO/c16-10-7-9-5-6-12-11-3-1-2-4-13(11)18-15(12)14(9)17-8-10/h1-8H. The van der Waals surface area contributed by atoms with Crippen LogP contribution < -0.4 is 0 Å². The van der Waals surface area contributed by atoms with Crippen molar-refractivity contribution in [3.05, 3.63) is 53.7 Å². The van der Waals surface area contributed by atoms with E-state index in [-0.39, 0.29) is 0 Å². The summed E-state index contributed by atoms with van der Waals surface area (Å²) < 4.78 is 5.90. The number of pyridine rings is 1. The van der Waals surface area contributed by atoms with Gasteiger partial charge in [-0.1, -0.05) is 35.9 Å². The van der Waals surface area contributed by atoms with Crippen LogP contribution in [0.5, 0.6) is 0 Å². The van der Waals surface area contributed by atoms with Gasteiger partial charge in [-0.05, 0) is 18.2 Å². The zero-order valence-electron chi connectivity index (χ0n) is 9.35. The van der Waals surface area contributed by atoms with Gasteiger partial charge in [0.25, 0.3) is 0 Å². The smallest absolute Gasteiger partial charge is 0.161 e. The Hall–Kier alpha value is -2.06. The molecule has 86 valence electrons. The molecule has 0 N–H and O–H groups in total. The summed E-state index contributed by atoms with van der Waals surface area (Å²) in [6, 6.07) is 14.0. The molecular weight excluding hydrogens is 246 g/mol. The predicted octanol–water partition coefficient (Wildman–Crippen LogP) is 4.79. The van der Waals surface area contributed by atoms with Crippen LogP contribution in [0.3, 0.4) is 0 Å². The molecular formula is C15H8ClNO. The highest BCUT2D eigenvalue weighted by Gasteiger charge is 2.10. The van der Waals surface area contributed by atoms with Crippen molar-refractivity contribution in [1.29, 1.82) is 0 Å². The molecule has 4 aromatic rings. The van der Waals surface area contributed by atoms with Crippen molar-refractivity contribution in [2.45, 2.75) is 0 Å². The molecule has 2 aromatic heterocycles. The number of furan rings is 1. The maximum absolute atomic E-state index is 5.96. The van der Waals surface area contributed by atoms with Crippen LogP contribution in [-0.4, -0.2) is 4.98 Å². The Labute approximate surface area is 108 Å². The molecule has 0 bridgehead atoms. The highest BCUT2D eigenvalue weighted by atomic mass is 35.5. The molecule has 4 rings (SSSR count). The lowest BCUT2D eigenvalue weighted by molar-refractivity contribution is 0.671. The molecule has 2 heterocycles. The zero-order valence-corrected chi connectivity index (χ0v) is 10.1. The van der Waals surface area contributed by atoms with Crippen LogP contribution in [0.1, 0.15) is 0 Å². The highest BCUT2D eigenvalue weighted by molar-refractivity contribution is 6.31. The predicted molar refractivity (Wildman–Crippen MR) is 74.0 cm³/mol. The van der Waals surface area contributed by atoms with E-state index in [1.54, 1.807) is 6.20 Å². The van der Waals surface area contributed by atoms with Gasteiger partial charge in [-0.15, -0.1) is 0 Å². The molecule has 0 unspecified atom stereocenters. The molecule has 18 heavy (non-hydrogen) atoms. The quantitative estimate of drug-likeness (QED) is 0.450. The Morgan fingerprint density at radius 3 is 2.83 bits per heavy atom. The zero-order chi connectivity index (χ0) is 12.1. The maximum Gasteiger partial charge on any atom is 0.161 e. The van der Waals surface area contributed by atoms with E-state index in [1.165, 1.54) is 0 Å². The van der Waals surface area contributed by atoms with E-state index >= 15 is 0 Å². The first-order valence-corrected chi connectivity index (χ1v) is 6.06. The third-order valence-corrected chi connectivity index (χ3v) is 3.37. The molecule has 3 heteroatoms. The summed E-state index contributed by atoms with van der Waals surface area (Å²) in [6.07, 6.45) is 1.65. The lowest BCUT2D eigenvalue weighted by atomic mass is 10.1. The molecule has 0 amide bonds. The second-order valence-electron chi connectivity index (χ2n) is 4.27. The van der Waals surface area contributed by atoms with E-state index < -0.39 is 0 Å². The molecule has 2 aromatic carbocycles. The Bertz CT molecular complexity index is 895. The number of nitrogens with zero attached hydrogens (tertiary/aromatic N) is 1. The molecule has 0 saturated carbocycles. The second kappa shape index (κ2) is 3.47. The van der Waals surface area contributed by atoms with Crippen LogP contribution in [0.2, 0.25) is 5.02 Å². The molecule has 0 radical (unpaired) electrons. The fourth-order valence-corrected chi connectivity index (χ4v) is 2.52. The molecule has 0 aliphatic heterocycles. The van der Waals surface area contributed by atoms with Crippen LogP contribution in [0.25, 0.3) is 32.8 Å². The summed E-state index contributed by atoms with van der Waals surface area (Å²) in [5.41, 5.74) is 2.57. The van der Waals surface area contributed by atoms with Crippen molar-refractivity contribution < 1.29 is 4.42 Å². The van der Waals surface area contributed by atoms with Gasteiger partial charge < -0.3 is 4.42 Å². The van der Waals surface area contributed by atoms with E-state index in [9.17, 15) is 0 Å².